The van der Waals surface area contributed by atoms with Crippen LogP contribution < -0.4 is 21.9 Å². The van der Waals surface area contributed by atoms with Crippen molar-refractivity contribution < 1.29 is 5.43 Å². The number of hydrogen-bond acceptors (Lipinski definition) is 7. The highest BCUT2D eigenvalue weighted by Gasteiger charge is 2.16. The van der Waals surface area contributed by atoms with Crippen molar-refractivity contribution >= 4 is 34.3 Å². The minimum Gasteiger partial charge on any atom is -0.398 e. The summed E-state index contributed by atoms with van der Waals surface area (Å²) in [4.78, 5) is 17.7. The highest BCUT2D eigenvalue weighted by molar-refractivity contribution is 6.19. The number of allylic oxidation sites excluding steroid dienone is 3. The third-order valence-electron chi connectivity index (χ3n) is 5.93. The Morgan fingerprint density at radius 1 is 1.15 bits per heavy atom. The van der Waals surface area contributed by atoms with Gasteiger partial charge in [-0.25, -0.2) is 10.4 Å². The number of hydrogen-bond donors (Lipinski definition) is 4. The van der Waals surface area contributed by atoms with Crippen LogP contribution >= 0.6 is 0 Å². The Kier molecular flexibility index (Phi) is 7.29. The van der Waals surface area contributed by atoms with Gasteiger partial charge < -0.3 is 5.73 Å². The quantitative estimate of drug-likeness (QED) is 0.306. The molecule has 0 unspecified atom stereocenters. The maximum absolute atomic E-state index is 6.49. The molecule has 1 aliphatic rings. The molecule has 4 rings (SSSR count). The molecule has 0 fully saturated rings. The molecular formula is C26H31N8+. The van der Waals surface area contributed by atoms with Gasteiger partial charge in [-0.2, -0.15) is 5.43 Å². The first kappa shape index (κ1) is 23.1. The smallest absolute Gasteiger partial charge is 0.228 e. The van der Waals surface area contributed by atoms with Crippen molar-refractivity contribution in [2.45, 2.75) is 26.7 Å². The fraction of sp³-hybridized carbons (Fsp3) is 0.231. The van der Waals surface area contributed by atoms with Crippen molar-refractivity contribution in [2.75, 3.05) is 12.4 Å². The van der Waals surface area contributed by atoms with Crippen LogP contribution in [0, 0.1) is 5.92 Å². The Bertz CT molecular complexity index is 1270. The molecule has 3 aromatic heterocycles. The molecule has 0 bridgehead atoms. The van der Waals surface area contributed by atoms with Crippen LogP contribution in [-0.4, -0.2) is 28.2 Å². The second-order valence-corrected chi connectivity index (χ2v) is 8.10. The molecule has 0 saturated carbocycles. The van der Waals surface area contributed by atoms with Crippen molar-refractivity contribution in [3.8, 4) is 0 Å². The first-order chi connectivity index (χ1) is 16.6. The first-order valence-corrected chi connectivity index (χ1v) is 11.5. The lowest BCUT2D eigenvalue weighted by molar-refractivity contribution is -0.656. The summed E-state index contributed by atoms with van der Waals surface area (Å²) in [5.74, 6) is 2.25. The van der Waals surface area contributed by atoms with E-state index in [0.29, 0.717) is 11.6 Å². The maximum atomic E-state index is 6.49. The van der Waals surface area contributed by atoms with E-state index >= 15 is 0 Å². The van der Waals surface area contributed by atoms with Gasteiger partial charge in [0.15, 0.2) is 0 Å². The molecule has 174 valence electrons. The molecule has 0 amide bonds. The van der Waals surface area contributed by atoms with E-state index in [2.05, 4.69) is 51.8 Å². The zero-order chi connectivity index (χ0) is 23.9. The van der Waals surface area contributed by atoms with Crippen LogP contribution in [-0.2, 0) is 0 Å². The molecule has 0 spiro atoms. The fourth-order valence-corrected chi connectivity index (χ4v) is 4.05. The second-order valence-electron chi connectivity index (χ2n) is 8.10. The molecule has 8 heteroatoms. The third kappa shape index (κ3) is 5.13. The summed E-state index contributed by atoms with van der Waals surface area (Å²) in [6, 6.07) is 9.65. The Morgan fingerprint density at radius 3 is 2.68 bits per heavy atom. The molecule has 1 aliphatic heterocycles. The Hall–Kier alpha value is -4.04. The average molecular weight is 456 g/mol. The number of rotatable bonds is 8. The molecule has 6 N–H and O–H groups in total. The highest BCUT2D eigenvalue weighted by Crippen LogP contribution is 2.25. The predicted octanol–water partition coefficient (Wildman–Crippen LogP) is 3.21. The van der Waals surface area contributed by atoms with E-state index in [1.165, 1.54) is 5.57 Å². The van der Waals surface area contributed by atoms with Gasteiger partial charge in [-0.3, -0.25) is 20.3 Å². The van der Waals surface area contributed by atoms with Gasteiger partial charge in [0.25, 0.3) is 0 Å². The van der Waals surface area contributed by atoms with Crippen molar-refractivity contribution in [1.29, 1.82) is 0 Å². The van der Waals surface area contributed by atoms with Gasteiger partial charge in [-0.15, -0.1) is 0 Å². The number of nitrogens with one attached hydrogen (secondary N) is 2. The van der Waals surface area contributed by atoms with E-state index in [9.17, 15) is 0 Å². The van der Waals surface area contributed by atoms with Crippen molar-refractivity contribution in [3.63, 3.8) is 0 Å². The number of nitrogens with zero attached hydrogens (tertiary/aromatic N) is 4. The molecule has 34 heavy (non-hydrogen) atoms. The molecule has 0 aliphatic carbocycles. The SMILES string of the molecule is CCC(CC)C1=CN[NH2+]C(Nc2ccc3ncc(C(C=NC)=C(N)c4ccncc4)cc3n2)=C1. The van der Waals surface area contributed by atoms with Crippen LogP contribution in [0.15, 0.2) is 77.6 Å². The minimum atomic E-state index is 0.533. The number of nitrogens with two attached hydrogens (primary N) is 2. The van der Waals surface area contributed by atoms with Crippen LogP contribution in [0.2, 0.25) is 0 Å². The number of aromatic nitrogens is 3. The number of aliphatic imine (C=N–C) groups is 1. The summed E-state index contributed by atoms with van der Waals surface area (Å²) in [6.45, 7) is 4.44. The van der Waals surface area contributed by atoms with E-state index in [1.54, 1.807) is 31.9 Å². The average Bonchev–Trinajstić information content (AvgIpc) is 2.88. The lowest BCUT2D eigenvalue weighted by atomic mass is 9.94. The Morgan fingerprint density at radius 2 is 1.94 bits per heavy atom. The summed E-state index contributed by atoms with van der Waals surface area (Å²) >= 11 is 0. The summed E-state index contributed by atoms with van der Waals surface area (Å²) in [6.07, 6.45) is 13.5. The summed E-state index contributed by atoms with van der Waals surface area (Å²) in [7, 11) is 1.72. The summed E-state index contributed by atoms with van der Waals surface area (Å²) < 4.78 is 0. The van der Waals surface area contributed by atoms with Crippen LogP contribution in [0.3, 0.4) is 0 Å². The van der Waals surface area contributed by atoms with Gasteiger partial charge in [-0.1, -0.05) is 13.8 Å². The number of anilines is 1. The number of fused-ring (bicyclic) bond motifs is 1. The van der Waals surface area contributed by atoms with Gasteiger partial charge >= 0.3 is 0 Å². The van der Waals surface area contributed by atoms with E-state index in [-0.39, 0.29) is 0 Å². The fourth-order valence-electron chi connectivity index (χ4n) is 4.05. The molecule has 8 nitrogen and oxygen atoms in total. The molecular weight excluding hydrogens is 424 g/mol. The number of pyridine rings is 3. The van der Waals surface area contributed by atoms with Crippen LogP contribution in [0.5, 0.6) is 0 Å². The van der Waals surface area contributed by atoms with Gasteiger partial charge in [0, 0.05) is 60.3 Å². The zero-order valence-electron chi connectivity index (χ0n) is 19.8. The van der Waals surface area contributed by atoms with Crippen LogP contribution in [0.1, 0.15) is 37.8 Å². The van der Waals surface area contributed by atoms with Gasteiger partial charge in [-0.05, 0) is 54.7 Å². The predicted molar refractivity (Wildman–Crippen MR) is 138 cm³/mol. The van der Waals surface area contributed by atoms with Crippen LogP contribution in [0.25, 0.3) is 22.3 Å². The lowest BCUT2D eigenvalue weighted by Gasteiger charge is -2.19. The van der Waals surface area contributed by atoms with Crippen LogP contribution in [0.4, 0.5) is 5.82 Å². The molecule has 4 heterocycles. The van der Waals surface area contributed by atoms with Gasteiger partial charge in [0.2, 0.25) is 5.82 Å². The largest absolute Gasteiger partial charge is 0.398 e. The third-order valence-corrected chi connectivity index (χ3v) is 5.93. The second kappa shape index (κ2) is 10.7. The molecule has 0 atom stereocenters. The molecule has 0 aromatic carbocycles. The normalized spacial score (nSPS) is 14.6. The lowest BCUT2D eigenvalue weighted by Crippen LogP contribution is -2.92. The topological polar surface area (TPSA) is 118 Å². The Balaban J connectivity index is 1.66. The minimum absolute atomic E-state index is 0.533. The summed E-state index contributed by atoms with van der Waals surface area (Å²) in [5, 5.41) is 3.42. The van der Waals surface area contributed by atoms with Crippen molar-refractivity contribution in [3.05, 3.63) is 83.7 Å². The van der Waals surface area contributed by atoms with E-state index in [1.807, 2.05) is 35.8 Å². The van der Waals surface area contributed by atoms with E-state index in [4.69, 9.17) is 10.7 Å². The van der Waals surface area contributed by atoms with Gasteiger partial charge in [0.1, 0.15) is 5.82 Å². The Labute approximate surface area is 199 Å². The van der Waals surface area contributed by atoms with Crippen molar-refractivity contribution in [2.24, 2.45) is 16.6 Å². The molecule has 3 aromatic rings. The van der Waals surface area contributed by atoms with E-state index in [0.717, 1.165) is 52.2 Å². The summed E-state index contributed by atoms with van der Waals surface area (Å²) in [5.41, 5.74) is 17.7. The zero-order valence-corrected chi connectivity index (χ0v) is 19.8. The first-order valence-electron chi connectivity index (χ1n) is 11.5. The van der Waals surface area contributed by atoms with Gasteiger partial charge in [0.05, 0.1) is 17.2 Å². The van der Waals surface area contributed by atoms with Crippen molar-refractivity contribution in [1.82, 2.24) is 20.4 Å². The maximum Gasteiger partial charge on any atom is 0.228 e. The highest BCUT2D eigenvalue weighted by atomic mass is 15.4. The van der Waals surface area contributed by atoms with E-state index < -0.39 is 0 Å². The monoisotopic (exact) mass is 455 g/mol. The standard InChI is InChI=1S/C26H30N8/c1-4-17(5-2)19-13-25(34-31-15-19)33-24-7-6-22-23(32-24)12-20(14-30-22)21(16-28-3)26(27)18-8-10-29-11-9-18/h6-17,31,34H,4-5,27H2,1-3H3,(H,32,33)/p+1. The molecule has 0 saturated heterocycles. The molecule has 0 radical (unpaired) electrons. The number of quaternary nitrogens is 1.